The van der Waals surface area contributed by atoms with Crippen molar-refractivity contribution in [1.82, 2.24) is 4.57 Å². The van der Waals surface area contributed by atoms with E-state index >= 15 is 0 Å². The number of aromatic nitrogens is 1. The zero-order valence-electron chi connectivity index (χ0n) is 8.95. The van der Waals surface area contributed by atoms with Crippen LogP contribution in [0.15, 0.2) is 12.1 Å². The second kappa shape index (κ2) is 4.31. The molecular weight excluding hydrogens is 178 g/mol. The summed E-state index contributed by atoms with van der Waals surface area (Å²) in [5, 5.41) is 8.60. The highest BCUT2D eigenvalue weighted by Crippen LogP contribution is 2.16. The fourth-order valence-corrected chi connectivity index (χ4v) is 1.78. The van der Waals surface area contributed by atoms with Crippen LogP contribution in [0, 0.1) is 6.92 Å². The highest BCUT2D eigenvalue weighted by atomic mass is 16.4. The van der Waals surface area contributed by atoms with Gasteiger partial charge in [-0.2, -0.15) is 0 Å². The maximum Gasteiger partial charge on any atom is 0.303 e. The van der Waals surface area contributed by atoms with E-state index in [2.05, 4.69) is 18.4 Å². The van der Waals surface area contributed by atoms with Gasteiger partial charge in [-0.25, -0.2) is 0 Å². The lowest BCUT2D eigenvalue weighted by atomic mass is 10.2. The van der Waals surface area contributed by atoms with Crippen LogP contribution in [-0.2, 0) is 11.2 Å². The third-order valence-corrected chi connectivity index (χ3v) is 2.32. The molecule has 3 heteroatoms. The summed E-state index contributed by atoms with van der Waals surface area (Å²) in [5.41, 5.74) is 2.31. The maximum atomic E-state index is 10.5. The van der Waals surface area contributed by atoms with Crippen LogP contribution in [-0.4, -0.2) is 15.6 Å². The summed E-state index contributed by atoms with van der Waals surface area (Å²) in [6.45, 7) is 6.26. The van der Waals surface area contributed by atoms with Crippen molar-refractivity contribution >= 4 is 5.97 Å². The molecule has 0 unspecified atom stereocenters. The lowest BCUT2D eigenvalue weighted by Crippen LogP contribution is -2.09. The molecule has 0 aliphatic carbocycles. The van der Waals surface area contributed by atoms with Gasteiger partial charge in [0.05, 0.1) is 6.42 Å². The van der Waals surface area contributed by atoms with Crippen LogP contribution in [0.3, 0.4) is 0 Å². The minimum absolute atomic E-state index is 0.205. The van der Waals surface area contributed by atoms with Crippen molar-refractivity contribution < 1.29 is 9.90 Å². The number of rotatable bonds is 4. The fourth-order valence-electron chi connectivity index (χ4n) is 1.78. The van der Waals surface area contributed by atoms with Gasteiger partial charge < -0.3 is 9.67 Å². The predicted molar refractivity (Wildman–Crippen MR) is 55.5 cm³/mol. The average molecular weight is 195 g/mol. The Balaban J connectivity index is 2.81. The summed E-state index contributed by atoms with van der Waals surface area (Å²) in [4.78, 5) is 10.5. The molecule has 0 saturated carbocycles. The first-order valence-corrected chi connectivity index (χ1v) is 4.91. The molecule has 1 rings (SSSR count). The smallest absolute Gasteiger partial charge is 0.303 e. The molecule has 0 radical (unpaired) electrons. The van der Waals surface area contributed by atoms with Crippen molar-refractivity contribution in [3.8, 4) is 0 Å². The van der Waals surface area contributed by atoms with E-state index in [1.165, 1.54) is 5.69 Å². The molecule has 0 amide bonds. The number of aryl methyl sites for hydroxylation is 2. The molecule has 1 aromatic rings. The molecule has 0 aliphatic heterocycles. The molecule has 3 nitrogen and oxygen atoms in total. The summed E-state index contributed by atoms with van der Waals surface area (Å²) in [6, 6.07) is 4.45. The summed E-state index contributed by atoms with van der Waals surface area (Å²) >= 11 is 0. The SMILES string of the molecule is Cc1ccc(CCC(=O)O)n1C(C)C. The second-order valence-corrected chi connectivity index (χ2v) is 3.82. The highest BCUT2D eigenvalue weighted by molar-refractivity contribution is 5.67. The number of hydrogen-bond acceptors (Lipinski definition) is 1. The topological polar surface area (TPSA) is 42.2 Å². The molecule has 1 aromatic heterocycles. The highest BCUT2D eigenvalue weighted by Gasteiger charge is 2.09. The molecule has 0 aromatic carbocycles. The minimum atomic E-state index is -0.737. The summed E-state index contributed by atoms with van der Waals surface area (Å²) in [6.07, 6.45) is 0.817. The molecule has 0 bridgehead atoms. The number of hydrogen-bond donors (Lipinski definition) is 1. The Kier molecular flexibility index (Phi) is 3.33. The van der Waals surface area contributed by atoms with Crippen LogP contribution in [0.2, 0.25) is 0 Å². The van der Waals surface area contributed by atoms with Gasteiger partial charge in [-0.3, -0.25) is 4.79 Å². The van der Waals surface area contributed by atoms with Crippen molar-refractivity contribution in [2.24, 2.45) is 0 Å². The van der Waals surface area contributed by atoms with Crippen LogP contribution in [0.25, 0.3) is 0 Å². The van der Waals surface area contributed by atoms with E-state index in [0.29, 0.717) is 12.5 Å². The van der Waals surface area contributed by atoms with Crippen molar-refractivity contribution in [1.29, 1.82) is 0 Å². The van der Waals surface area contributed by atoms with E-state index in [0.717, 1.165) is 5.69 Å². The van der Waals surface area contributed by atoms with Gasteiger partial charge in [-0.05, 0) is 39.3 Å². The van der Waals surface area contributed by atoms with Gasteiger partial charge in [0.15, 0.2) is 0 Å². The van der Waals surface area contributed by atoms with Crippen molar-refractivity contribution in [3.63, 3.8) is 0 Å². The largest absolute Gasteiger partial charge is 0.481 e. The van der Waals surface area contributed by atoms with Crippen molar-refractivity contribution in [2.45, 2.75) is 39.7 Å². The maximum absolute atomic E-state index is 10.5. The molecular formula is C11H17NO2. The first-order valence-electron chi connectivity index (χ1n) is 4.91. The molecule has 0 saturated heterocycles. The fraction of sp³-hybridized carbons (Fsp3) is 0.545. The van der Waals surface area contributed by atoms with Gasteiger partial charge >= 0.3 is 5.97 Å². The van der Waals surface area contributed by atoms with Crippen molar-refractivity contribution in [3.05, 3.63) is 23.5 Å². The number of aliphatic carboxylic acids is 1. The standard InChI is InChI=1S/C11H17NO2/c1-8(2)12-9(3)4-5-10(12)6-7-11(13)14/h4-5,8H,6-7H2,1-3H3,(H,13,14). The quantitative estimate of drug-likeness (QED) is 0.801. The van der Waals surface area contributed by atoms with Crippen LogP contribution >= 0.6 is 0 Å². The van der Waals surface area contributed by atoms with E-state index in [9.17, 15) is 4.79 Å². The average Bonchev–Trinajstić information content (AvgIpc) is 2.43. The van der Waals surface area contributed by atoms with Crippen molar-refractivity contribution in [2.75, 3.05) is 0 Å². The Morgan fingerprint density at radius 2 is 2.14 bits per heavy atom. The number of carbonyl (C=O) groups is 1. The number of carboxylic acids is 1. The second-order valence-electron chi connectivity index (χ2n) is 3.82. The minimum Gasteiger partial charge on any atom is -0.481 e. The van der Waals surface area contributed by atoms with E-state index in [-0.39, 0.29) is 6.42 Å². The zero-order chi connectivity index (χ0) is 10.7. The van der Waals surface area contributed by atoms with Crippen LogP contribution < -0.4 is 0 Å². The molecule has 1 N–H and O–H groups in total. The Morgan fingerprint density at radius 3 is 2.64 bits per heavy atom. The van der Waals surface area contributed by atoms with Gasteiger partial charge in [0.1, 0.15) is 0 Å². The number of carboxylic acid groups (broad SMARTS) is 1. The molecule has 0 fully saturated rings. The number of nitrogens with zero attached hydrogens (tertiary/aromatic N) is 1. The molecule has 0 aliphatic rings. The Bertz CT molecular complexity index is 326. The van der Waals surface area contributed by atoms with E-state index in [1.54, 1.807) is 0 Å². The lowest BCUT2D eigenvalue weighted by Gasteiger charge is -2.14. The molecule has 14 heavy (non-hydrogen) atoms. The van der Waals surface area contributed by atoms with Gasteiger partial charge in [0, 0.05) is 17.4 Å². The van der Waals surface area contributed by atoms with E-state index in [4.69, 9.17) is 5.11 Å². The van der Waals surface area contributed by atoms with Gasteiger partial charge in [0.2, 0.25) is 0 Å². The van der Waals surface area contributed by atoms with Gasteiger partial charge in [-0.1, -0.05) is 0 Å². The summed E-state index contributed by atoms with van der Waals surface area (Å²) in [5.74, 6) is -0.737. The summed E-state index contributed by atoms with van der Waals surface area (Å²) < 4.78 is 2.18. The third kappa shape index (κ3) is 2.37. The van der Waals surface area contributed by atoms with E-state index in [1.807, 2.05) is 19.1 Å². The molecule has 78 valence electrons. The Morgan fingerprint density at radius 1 is 1.50 bits per heavy atom. The Labute approximate surface area is 84.4 Å². The molecule has 0 spiro atoms. The zero-order valence-corrected chi connectivity index (χ0v) is 8.95. The van der Waals surface area contributed by atoms with Gasteiger partial charge in [0.25, 0.3) is 0 Å². The van der Waals surface area contributed by atoms with Crippen LogP contribution in [0.5, 0.6) is 0 Å². The van der Waals surface area contributed by atoms with Crippen LogP contribution in [0.1, 0.15) is 37.7 Å². The summed E-state index contributed by atoms with van der Waals surface area (Å²) in [7, 11) is 0. The first kappa shape index (κ1) is 10.8. The van der Waals surface area contributed by atoms with Gasteiger partial charge in [-0.15, -0.1) is 0 Å². The predicted octanol–water partition coefficient (Wildman–Crippen LogP) is 2.39. The Hall–Kier alpha value is -1.25. The normalized spacial score (nSPS) is 10.9. The molecule has 1 heterocycles. The first-order chi connectivity index (χ1) is 6.52. The monoisotopic (exact) mass is 195 g/mol. The van der Waals surface area contributed by atoms with E-state index < -0.39 is 5.97 Å². The van der Waals surface area contributed by atoms with Crippen LogP contribution in [0.4, 0.5) is 0 Å². The molecule has 0 atom stereocenters. The lowest BCUT2D eigenvalue weighted by molar-refractivity contribution is -0.137. The third-order valence-electron chi connectivity index (χ3n) is 2.32.